The minimum Gasteiger partial charge on any atom is -0.397 e. The maximum absolute atomic E-state index is 12.9. The molecular weight excluding hydrogens is 677 g/mol. The van der Waals surface area contributed by atoms with E-state index in [1.54, 1.807) is 12.1 Å². The number of hydrogen-bond acceptors (Lipinski definition) is 7. The van der Waals surface area contributed by atoms with Crippen LogP contribution in [0, 0.1) is 0 Å². The monoisotopic (exact) mass is 743 g/mol. The van der Waals surface area contributed by atoms with E-state index in [1.165, 1.54) is 77.0 Å². The number of hydrogen-bond donors (Lipinski definition) is 4. The number of unbranched alkanes of at least 4 members (excludes halogenated alkanes) is 10. The molecule has 0 spiro atoms. The van der Waals surface area contributed by atoms with E-state index in [1.807, 2.05) is 60.7 Å². The molecule has 3 aromatic rings. The van der Waals surface area contributed by atoms with Gasteiger partial charge in [0, 0.05) is 37.1 Å². The van der Waals surface area contributed by atoms with Crippen LogP contribution in [0.1, 0.15) is 146 Å². The maximum Gasteiger partial charge on any atom is 0.224 e. The van der Waals surface area contributed by atoms with Gasteiger partial charge in [-0.05, 0) is 67.7 Å². The molecule has 2 amide bonds. The summed E-state index contributed by atoms with van der Waals surface area (Å²) in [6.07, 6.45) is 16.0. The number of anilines is 3. The molecule has 3 atom stereocenters. The number of ether oxygens (including phenoxy) is 2. The first kappa shape index (κ1) is 43.0. The number of nitrogens with two attached hydrogens (primary N) is 1. The number of benzene rings is 3. The Morgan fingerprint density at radius 3 is 2.00 bits per heavy atom. The fourth-order valence-electron chi connectivity index (χ4n) is 7.07. The molecule has 1 aliphatic rings. The van der Waals surface area contributed by atoms with Gasteiger partial charge in [0.05, 0.1) is 30.2 Å². The first-order valence-corrected chi connectivity index (χ1v) is 20.7. The quantitative estimate of drug-likeness (QED) is 0.0503. The van der Waals surface area contributed by atoms with Crippen molar-refractivity contribution in [1.29, 1.82) is 0 Å². The lowest BCUT2D eigenvalue weighted by Gasteiger charge is -2.38. The zero-order valence-electron chi connectivity index (χ0n) is 32.9. The Hall–Kier alpha value is -3.76. The number of aliphatic hydroxyl groups excluding tert-OH is 1. The molecule has 0 radical (unpaired) electrons. The van der Waals surface area contributed by atoms with Gasteiger partial charge in [-0.15, -0.1) is 0 Å². The van der Waals surface area contributed by atoms with E-state index in [0.717, 1.165) is 42.7 Å². The molecule has 0 aliphatic carbocycles. The van der Waals surface area contributed by atoms with E-state index in [2.05, 4.69) is 29.4 Å². The molecule has 1 fully saturated rings. The summed E-state index contributed by atoms with van der Waals surface area (Å²) in [7, 11) is 0. The molecule has 0 bridgehead atoms. The van der Waals surface area contributed by atoms with Gasteiger partial charge in [-0.25, -0.2) is 0 Å². The van der Waals surface area contributed by atoms with Crippen LogP contribution in [0.25, 0.3) is 0 Å². The summed E-state index contributed by atoms with van der Waals surface area (Å²) in [4.78, 5) is 28.0. The molecule has 4 rings (SSSR count). The molecule has 1 saturated heterocycles. The van der Waals surface area contributed by atoms with E-state index < -0.39 is 6.29 Å². The lowest BCUT2D eigenvalue weighted by Crippen LogP contribution is -2.40. The SMILES string of the molecule is CCCCCCCCN(CCCCCCCC)C[C@H]1C[C@@H](c2ccc(CO)cc2)O[C@@H](c2cccc(NC(=O)CCCC(=O)Nc3ccccc3N)c2)O1. The number of nitrogens with one attached hydrogen (secondary N) is 2. The summed E-state index contributed by atoms with van der Waals surface area (Å²) >= 11 is 0. The normalized spacial score (nSPS) is 17.1. The summed E-state index contributed by atoms with van der Waals surface area (Å²) in [5.74, 6) is -0.341. The van der Waals surface area contributed by atoms with Crippen molar-refractivity contribution in [2.75, 3.05) is 36.0 Å². The van der Waals surface area contributed by atoms with Crippen molar-refractivity contribution in [3.8, 4) is 0 Å². The number of amides is 2. The molecule has 9 nitrogen and oxygen atoms in total. The summed E-state index contributed by atoms with van der Waals surface area (Å²) in [5, 5.41) is 15.5. The van der Waals surface area contributed by atoms with Crippen molar-refractivity contribution in [3.63, 3.8) is 0 Å². The van der Waals surface area contributed by atoms with E-state index in [0.29, 0.717) is 23.5 Å². The van der Waals surface area contributed by atoms with Gasteiger partial charge in [0.2, 0.25) is 11.8 Å². The summed E-state index contributed by atoms with van der Waals surface area (Å²) in [6.45, 7) is 7.52. The number of para-hydroxylation sites is 2. The fourth-order valence-corrected chi connectivity index (χ4v) is 7.07. The standard InChI is InChI=1S/C45H66N4O5/c1-3-5-7-9-11-15-29-49(30-16-12-10-8-6-4-2)33-39-32-42(36-27-25-35(34-50)26-28-36)54-45(53-39)37-19-17-20-38(31-37)47-43(51)23-18-24-44(52)48-41-22-14-13-21-40(41)46/h13-14,17,19-22,25-28,31,39,42,45,50H,3-12,15-16,18,23-24,29-30,32-34,46H2,1-2H3,(H,47,51)(H,48,52)/t39-,42+,45+/m1/s1. The van der Waals surface area contributed by atoms with Crippen molar-refractivity contribution in [3.05, 3.63) is 89.5 Å². The Labute approximate surface area is 324 Å². The lowest BCUT2D eigenvalue weighted by atomic mass is 9.99. The van der Waals surface area contributed by atoms with Crippen LogP contribution in [0.2, 0.25) is 0 Å². The fraction of sp³-hybridized carbons (Fsp3) is 0.556. The highest BCUT2D eigenvalue weighted by Crippen LogP contribution is 2.39. The van der Waals surface area contributed by atoms with Crippen LogP contribution in [-0.2, 0) is 25.7 Å². The molecule has 1 heterocycles. The van der Waals surface area contributed by atoms with Crippen molar-refractivity contribution in [2.24, 2.45) is 0 Å². The van der Waals surface area contributed by atoms with E-state index in [9.17, 15) is 14.7 Å². The average Bonchev–Trinajstić information content (AvgIpc) is 3.18. The molecule has 1 aliphatic heterocycles. The highest BCUT2D eigenvalue weighted by atomic mass is 16.7. The minimum atomic E-state index is -0.609. The molecule has 54 heavy (non-hydrogen) atoms. The topological polar surface area (TPSA) is 126 Å². The number of carbonyl (C=O) groups is 2. The van der Waals surface area contributed by atoms with E-state index in [-0.39, 0.29) is 43.5 Å². The van der Waals surface area contributed by atoms with Gasteiger partial charge in [0.25, 0.3) is 0 Å². The van der Waals surface area contributed by atoms with Crippen LogP contribution < -0.4 is 16.4 Å². The Balaban J connectivity index is 1.40. The third-order valence-electron chi connectivity index (χ3n) is 10.2. The Morgan fingerprint density at radius 2 is 1.35 bits per heavy atom. The smallest absolute Gasteiger partial charge is 0.224 e. The Bertz CT molecular complexity index is 1500. The van der Waals surface area contributed by atoms with Gasteiger partial charge < -0.3 is 35.8 Å². The van der Waals surface area contributed by atoms with E-state index >= 15 is 0 Å². The van der Waals surface area contributed by atoms with Crippen LogP contribution in [0.3, 0.4) is 0 Å². The van der Waals surface area contributed by atoms with Gasteiger partial charge in [-0.3, -0.25) is 9.59 Å². The number of rotatable bonds is 25. The predicted octanol–water partition coefficient (Wildman–Crippen LogP) is 10.1. The third kappa shape index (κ3) is 15.5. The van der Waals surface area contributed by atoms with Gasteiger partial charge in [-0.1, -0.05) is 127 Å². The molecule has 5 N–H and O–H groups in total. The first-order valence-electron chi connectivity index (χ1n) is 20.7. The zero-order valence-corrected chi connectivity index (χ0v) is 32.9. The highest BCUT2D eigenvalue weighted by Gasteiger charge is 2.33. The number of aliphatic hydroxyl groups is 1. The van der Waals surface area contributed by atoms with Gasteiger partial charge >= 0.3 is 0 Å². The minimum absolute atomic E-state index is 0.000532. The Morgan fingerprint density at radius 1 is 0.722 bits per heavy atom. The summed E-state index contributed by atoms with van der Waals surface area (Å²) in [5.41, 5.74) is 10.4. The largest absolute Gasteiger partial charge is 0.397 e. The summed E-state index contributed by atoms with van der Waals surface area (Å²) in [6, 6.07) is 22.8. The number of carbonyl (C=O) groups excluding carboxylic acids is 2. The Kier molecular flexibility index (Phi) is 19.6. The molecule has 0 saturated carbocycles. The lowest BCUT2D eigenvalue weighted by molar-refractivity contribution is -0.253. The molecule has 9 heteroatoms. The van der Waals surface area contributed by atoms with Gasteiger partial charge in [0.15, 0.2) is 6.29 Å². The third-order valence-corrected chi connectivity index (χ3v) is 10.2. The second kappa shape index (κ2) is 24.6. The van der Waals surface area contributed by atoms with Gasteiger partial charge in [0.1, 0.15) is 0 Å². The number of nitrogens with zero attached hydrogens (tertiary/aromatic N) is 1. The first-order chi connectivity index (χ1) is 26.4. The molecule has 0 unspecified atom stereocenters. The second-order valence-corrected chi connectivity index (χ2v) is 14.8. The van der Waals surface area contributed by atoms with Crippen molar-refractivity contribution >= 4 is 28.9 Å². The maximum atomic E-state index is 12.9. The average molecular weight is 743 g/mol. The highest BCUT2D eigenvalue weighted by molar-refractivity contribution is 5.94. The summed E-state index contributed by atoms with van der Waals surface area (Å²) < 4.78 is 13.4. The second-order valence-electron chi connectivity index (χ2n) is 14.8. The number of nitrogen functional groups attached to an aromatic ring is 1. The van der Waals surface area contributed by atoms with Crippen LogP contribution in [0.5, 0.6) is 0 Å². The molecule has 296 valence electrons. The molecule has 3 aromatic carbocycles. The predicted molar refractivity (Wildman–Crippen MR) is 220 cm³/mol. The van der Waals surface area contributed by atoms with Crippen molar-refractivity contribution in [2.45, 2.75) is 142 Å². The van der Waals surface area contributed by atoms with Crippen LogP contribution in [-0.4, -0.2) is 47.6 Å². The molecular formula is C45H66N4O5. The van der Waals surface area contributed by atoms with Gasteiger partial charge in [-0.2, -0.15) is 0 Å². The van der Waals surface area contributed by atoms with Crippen molar-refractivity contribution in [1.82, 2.24) is 4.90 Å². The van der Waals surface area contributed by atoms with Crippen molar-refractivity contribution < 1.29 is 24.2 Å². The zero-order chi connectivity index (χ0) is 38.4. The van der Waals surface area contributed by atoms with Crippen LogP contribution in [0.15, 0.2) is 72.8 Å². The molecule has 0 aromatic heterocycles. The van der Waals surface area contributed by atoms with Crippen LogP contribution >= 0.6 is 0 Å². The van der Waals surface area contributed by atoms with E-state index in [4.69, 9.17) is 15.2 Å². The van der Waals surface area contributed by atoms with Crippen LogP contribution in [0.4, 0.5) is 17.1 Å².